The van der Waals surface area contributed by atoms with Crippen LogP contribution in [0, 0.1) is 29.1 Å². The zero-order valence-corrected chi connectivity index (χ0v) is 8.88. The Kier molecular flexibility index (Phi) is 3.54. The van der Waals surface area contributed by atoms with Gasteiger partial charge in [-0.15, -0.1) is 0 Å². The Morgan fingerprint density at radius 3 is 2.69 bits per heavy atom. The van der Waals surface area contributed by atoms with E-state index < -0.39 is 0 Å². The van der Waals surface area contributed by atoms with Gasteiger partial charge in [-0.25, -0.2) is 0 Å². The number of allylic oxidation sites excluding steroid dienone is 2. The zero-order valence-electron chi connectivity index (χ0n) is 8.88. The SMILES string of the molecule is CC1CCC(C(C)C)/C(=C\C#N)C1. The highest BCUT2D eigenvalue weighted by Gasteiger charge is 2.25. The smallest absolute Gasteiger partial charge is 0.0911 e. The fraction of sp³-hybridized carbons (Fsp3) is 0.750. The van der Waals surface area contributed by atoms with Crippen molar-refractivity contribution in [1.82, 2.24) is 0 Å². The molecule has 0 N–H and O–H groups in total. The summed E-state index contributed by atoms with van der Waals surface area (Å²) in [5.74, 6) is 2.12. The highest BCUT2D eigenvalue weighted by molar-refractivity contribution is 5.18. The molecule has 0 radical (unpaired) electrons. The summed E-state index contributed by atoms with van der Waals surface area (Å²) in [6.07, 6.45) is 5.51. The minimum absolute atomic E-state index is 0.663. The van der Waals surface area contributed by atoms with Crippen molar-refractivity contribution in [3.63, 3.8) is 0 Å². The molecule has 0 aromatic heterocycles. The normalized spacial score (nSPS) is 32.1. The van der Waals surface area contributed by atoms with E-state index in [-0.39, 0.29) is 0 Å². The molecular formula is C12H19N. The standard InChI is InChI=1S/C12H19N/c1-9(2)12-5-4-10(3)8-11(12)6-7-13/h6,9-10,12H,4-5,8H2,1-3H3/b11-6-. The van der Waals surface area contributed by atoms with E-state index in [1.165, 1.54) is 18.4 Å². The first-order valence-corrected chi connectivity index (χ1v) is 5.23. The molecule has 1 fully saturated rings. The van der Waals surface area contributed by atoms with Crippen LogP contribution in [0.4, 0.5) is 0 Å². The van der Waals surface area contributed by atoms with Crippen molar-refractivity contribution in [2.45, 2.75) is 40.0 Å². The van der Waals surface area contributed by atoms with Crippen molar-refractivity contribution in [2.24, 2.45) is 17.8 Å². The molecule has 2 atom stereocenters. The number of hydrogen-bond donors (Lipinski definition) is 0. The second-order valence-electron chi connectivity index (χ2n) is 4.59. The van der Waals surface area contributed by atoms with E-state index in [2.05, 4.69) is 26.8 Å². The lowest BCUT2D eigenvalue weighted by molar-refractivity contribution is 0.308. The van der Waals surface area contributed by atoms with Crippen LogP contribution < -0.4 is 0 Å². The van der Waals surface area contributed by atoms with Crippen LogP contribution in [0.1, 0.15) is 40.0 Å². The fourth-order valence-corrected chi connectivity index (χ4v) is 2.32. The van der Waals surface area contributed by atoms with Gasteiger partial charge in [-0.05, 0) is 37.0 Å². The summed E-state index contributed by atoms with van der Waals surface area (Å²) in [6.45, 7) is 6.79. The van der Waals surface area contributed by atoms with Gasteiger partial charge in [-0.2, -0.15) is 5.26 Å². The van der Waals surface area contributed by atoms with Gasteiger partial charge >= 0.3 is 0 Å². The van der Waals surface area contributed by atoms with Crippen LogP contribution in [-0.2, 0) is 0 Å². The van der Waals surface area contributed by atoms with Gasteiger partial charge in [-0.3, -0.25) is 0 Å². The quantitative estimate of drug-likeness (QED) is 0.562. The molecule has 0 aliphatic heterocycles. The van der Waals surface area contributed by atoms with E-state index in [1.807, 2.05) is 0 Å². The molecule has 72 valence electrons. The monoisotopic (exact) mass is 177 g/mol. The average molecular weight is 177 g/mol. The molecule has 0 aromatic rings. The molecule has 1 rings (SSSR count). The van der Waals surface area contributed by atoms with Gasteiger partial charge < -0.3 is 0 Å². The van der Waals surface area contributed by atoms with E-state index in [0.29, 0.717) is 11.8 Å². The minimum atomic E-state index is 0.663. The summed E-state index contributed by atoms with van der Waals surface area (Å²) < 4.78 is 0. The summed E-state index contributed by atoms with van der Waals surface area (Å²) >= 11 is 0. The van der Waals surface area contributed by atoms with E-state index in [0.717, 1.165) is 12.3 Å². The van der Waals surface area contributed by atoms with Crippen LogP contribution in [0.5, 0.6) is 0 Å². The van der Waals surface area contributed by atoms with Gasteiger partial charge in [-0.1, -0.05) is 26.3 Å². The van der Waals surface area contributed by atoms with Crippen LogP contribution in [-0.4, -0.2) is 0 Å². The van der Waals surface area contributed by atoms with Gasteiger partial charge in [0.25, 0.3) is 0 Å². The molecule has 13 heavy (non-hydrogen) atoms. The molecule has 0 aromatic carbocycles. The average Bonchev–Trinajstić information content (AvgIpc) is 2.04. The lowest BCUT2D eigenvalue weighted by atomic mass is 9.74. The maximum atomic E-state index is 8.68. The highest BCUT2D eigenvalue weighted by atomic mass is 14.3. The Bertz CT molecular complexity index is 232. The molecule has 1 aliphatic rings. The highest BCUT2D eigenvalue weighted by Crippen LogP contribution is 2.37. The third kappa shape index (κ3) is 2.59. The minimum Gasteiger partial charge on any atom is -0.193 e. The van der Waals surface area contributed by atoms with Crippen LogP contribution in [0.3, 0.4) is 0 Å². The summed E-state index contributed by atoms with van der Waals surface area (Å²) in [6, 6.07) is 2.18. The van der Waals surface area contributed by atoms with Crippen LogP contribution in [0.15, 0.2) is 11.6 Å². The largest absolute Gasteiger partial charge is 0.193 e. The van der Waals surface area contributed by atoms with Crippen LogP contribution in [0.2, 0.25) is 0 Å². The molecule has 1 nitrogen and oxygen atoms in total. The summed E-state index contributed by atoms with van der Waals surface area (Å²) in [5.41, 5.74) is 1.39. The molecule has 2 unspecified atom stereocenters. The molecule has 1 aliphatic carbocycles. The molecule has 1 heteroatoms. The molecule has 0 spiro atoms. The van der Waals surface area contributed by atoms with Crippen molar-refractivity contribution in [2.75, 3.05) is 0 Å². The van der Waals surface area contributed by atoms with Gasteiger partial charge in [0.05, 0.1) is 6.07 Å². The lowest BCUT2D eigenvalue weighted by Gasteiger charge is -2.31. The first-order chi connectivity index (χ1) is 6.15. The van der Waals surface area contributed by atoms with Crippen molar-refractivity contribution in [3.05, 3.63) is 11.6 Å². The zero-order chi connectivity index (χ0) is 9.84. The summed E-state index contributed by atoms with van der Waals surface area (Å²) in [5, 5.41) is 8.68. The van der Waals surface area contributed by atoms with E-state index >= 15 is 0 Å². The van der Waals surface area contributed by atoms with Gasteiger partial charge in [0.15, 0.2) is 0 Å². The maximum Gasteiger partial charge on any atom is 0.0911 e. The first kappa shape index (κ1) is 10.3. The maximum absolute atomic E-state index is 8.68. The van der Waals surface area contributed by atoms with E-state index in [4.69, 9.17) is 5.26 Å². The molecule has 0 bridgehead atoms. The molecule has 0 amide bonds. The summed E-state index contributed by atoms with van der Waals surface area (Å²) in [4.78, 5) is 0. The Morgan fingerprint density at radius 2 is 2.15 bits per heavy atom. The second kappa shape index (κ2) is 4.46. The third-order valence-corrected chi connectivity index (χ3v) is 3.09. The van der Waals surface area contributed by atoms with Crippen molar-refractivity contribution < 1.29 is 0 Å². The van der Waals surface area contributed by atoms with Crippen LogP contribution >= 0.6 is 0 Å². The van der Waals surface area contributed by atoms with Crippen molar-refractivity contribution >= 4 is 0 Å². The predicted octanol–water partition coefficient (Wildman–Crippen LogP) is 3.53. The second-order valence-corrected chi connectivity index (χ2v) is 4.59. The third-order valence-electron chi connectivity index (χ3n) is 3.09. The van der Waals surface area contributed by atoms with E-state index in [1.54, 1.807) is 6.08 Å². The van der Waals surface area contributed by atoms with Crippen molar-refractivity contribution in [3.8, 4) is 6.07 Å². The van der Waals surface area contributed by atoms with Gasteiger partial charge in [0.2, 0.25) is 0 Å². The predicted molar refractivity (Wildman–Crippen MR) is 55.0 cm³/mol. The molecular weight excluding hydrogens is 158 g/mol. The fourth-order valence-electron chi connectivity index (χ4n) is 2.32. The van der Waals surface area contributed by atoms with Gasteiger partial charge in [0.1, 0.15) is 0 Å². The van der Waals surface area contributed by atoms with Crippen molar-refractivity contribution in [1.29, 1.82) is 5.26 Å². The first-order valence-electron chi connectivity index (χ1n) is 5.23. The van der Waals surface area contributed by atoms with E-state index in [9.17, 15) is 0 Å². The number of nitrogens with zero attached hydrogens (tertiary/aromatic N) is 1. The Balaban J connectivity index is 2.73. The number of rotatable bonds is 1. The molecule has 0 heterocycles. The number of hydrogen-bond acceptors (Lipinski definition) is 1. The Labute approximate surface area is 81.5 Å². The Hall–Kier alpha value is -0.770. The topological polar surface area (TPSA) is 23.8 Å². The lowest BCUT2D eigenvalue weighted by Crippen LogP contribution is -2.20. The van der Waals surface area contributed by atoms with Crippen LogP contribution in [0.25, 0.3) is 0 Å². The number of nitriles is 1. The Morgan fingerprint density at radius 1 is 1.46 bits per heavy atom. The van der Waals surface area contributed by atoms with Gasteiger partial charge in [0, 0.05) is 6.08 Å². The molecule has 1 saturated carbocycles. The molecule has 0 saturated heterocycles. The summed E-state index contributed by atoms with van der Waals surface area (Å²) in [7, 11) is 0.